The Balaban J connectivity index is 1.70. The van der Waals surface area contributed by atoms with Crippen LogP contribution in [0.3, 0.4) is 0 Å². The molecule has 1 aromatic carbocycles. The minimum absolute atomic E-state index is 0.600. The van der Waals surface area contributed by atoms with Crippen LogP contribution < -0.4 is 5.32 Å². The molecule has 0 amide bonds. The molecule has 0 unspecified atom stereocenters. The Hall–Kier alpha value is -3.28. The molecule has 0 bridgehead atoms. The molecule has 1 N–H and O–H groups in total. The zero-order valence-electron chi connectivity index (χ0n) is 13.2. The molecule has 4 aromatic rings. The van der Waals surface area contributed by atoms with E-state index < -0.39 is 0 Å². The average Bonchev–Trinajstić information content (AvgIpc) is 3.06. The molecule has 3 aromatic heterocycles. The lowest BCUT2D eigenvalue weighted by molar-refractivity contribution is 0.887. The number of nitrogens with one attached hydrogen (secondary N) is 1. The lowest BCUT2D eigenvalue weighted by atomic mass is 10.2. The van der Waals surface area contributed by atoms with E-state index in [1.165, 1.54) is 0 Å². The van der Waals surface area contributed by atoms with Crippen molar-refractivity contribution in [1.82, 2.24) is 24.7 Å². The van der Waals surface area contributed by atoms with E-state index in [9.17, 15) is 0 Å². The first-order valence-corrected chi connectivity index (χ1v) is 7.71. The predicted molar refractivity (Wildman–Crippen MR) is 93.0 cm³/mol. The van der Waals surface area contributed by atoms with Gasteiger partial charge >= 0.3 is 0 Å². The van der Waals surface area contributed by atoms with Crippen molar-refractivity contribution in [3.05, 3.63) is 72.4 Å². The number of benzene rings is 1. The molecule has 24 heavy (non-hydrogen) atoms. The highest BCUT2D eigenvalue weighted by Crippen LogP contribution is 2.23. The maximum atomic E-state index is 4.50. The van der Waals surface area contributed by atoms with E-state index in [4.69, 9.17) is 0 Å². The van der Waals surface area contributed by atoms with Crippen LogP contribution in [0.25, 0.3) is 16.7 Å². The first kappa shape index (κ1) is 14.3. The largest absolute Gasteiger partial charge is 0.364 e. The zero-order valence-corrected chi connectivity index (χ0v) is 13.2. The van der Waals surface area contributed by atoms with E-state index in [2.05, 4.69) is 38.4 Å². The topological polar surface area (TPSA) is 68.5 Å². The van der Waals surface area contributed by atoms with Gasteiger partial charge in [-0.25, -0.2) is 14.6 Å². The number of anilines is 1. The fourth-order valence-corrected chi connectivity index (χ4v) is 2.64. The maximum absolute atomic E-state index is 4.50. The highest BCUT2D eigenvalue weighted by atomic mass is 15.3. The van der Waals surface area contributed by atoms with Crippen LogP contribution in [-0.4, -0.2) is 24.7 Å². The summed E-state index contributed by atoms with van der Waals surface area (Å²) >= 11 is 0. The van der Waals surface area contributed by atoms with Gasteiger partial charge in [0.25, 0.3) is 0 Å². The normalized spacial score (nSPS) is 10.9. The molecular weight excluding hydrogens is 300 g/mol. The molecule has 6 heteroatoms. The van der Waals surface area contributed by atoms with E-state index in [0.29, 0.717) is 6.54 Å². The van der Waals surface area contributed by atoms with Crippen molar-refractivity contribution < 1.29 is 0 Å². The Bertz CT molecular complexity index is 977. The van der Waals surface area contributed by atoms with Gasteiger partial charge < -0.3 is 5.32 Å². The third-order valence-corrected chi connectivity index (χ3v) is 3.87. The van der Waals surface area contributed by atoms with Gasteiger partial charge in [-0.3, -0.25) is 4.98 Å². The summed E-state index contributed by atoms with van der Waals surface area (Å²) in [5, 5.41) is 8.70. The fourth-order valence-electron chi connectivity index (χ4n) is 2.64. The highest BCUT2D eigenvalue weighted by molar-refractivity contribution is 5.87. The smallest absolute Gasteiger partial charge is 0.168 e. The summed E-state index contributed by atoms with van der Waals surface area (Å²) in [6.07, 6.45) is 5.13. The van der Waals surface area contributed by atoms with Crippen LogP contribution in [0.2, 0.25) is 0 Å². The molecule has 118 valence electrons. The third kappa shape index (κ3) is 2.58. The van der Waals surface area contributed by atoms with Gasteiger partial charge in [0.15, 0.2) is 5.65 Å². The monoisotopic (exact) mass is 316 g/mol. The van der Waals surface area contributed by atoms with Gasteiger partial charge in [0, 0.05) is 6.20 Å². The molecule has 0 atom stereocenters. The maximum Gasteiger partial charge on any atom is 0.168 e. The number of hydrogen-bond donors (Lipinski definition) is 1. The molecule has 0 aliphatic carbocycles. The number of aromatic nitrogens is 5. The summed E-state index contributed by atoms with van der Waals surface area (Å²) in [6, 6.07) is 13.9. The van der Waals surface area contributed by atoms with Crippen molar-refractivity contribution in [2.24, 2.45) is 0 Å². The summed E-state index contributed by atoms with van der Waals surface area (Å²) in [5.74, 6) is 0.755. The molecule has 6 nitrogen and oxygen atoms in total. The Labute approximate surface area is 139 Å². The SMILES string of the molecule is Cc1ccccc1-n1ncc2c(NCc3ccccn3)ncnc21. The van der Waals surface area contributed by atoms with Gasteiger partial charge in [0.1, 0.15) is 12.1 Å². The zero-order chi connectivity index (χ0) is 16.4. The predicted octanol–water partition coefficient (Wildman–Crippen LogP) is 3.13. The standard InChI is InChI=1S/C18H16N6/c1-13-6-2-3-8-16(13)24-18-15(11-23-24)17(21-12-22-18)20-10-14-7-4-5-9-19-14/h2-9,11-12H,10H2,1H3,(H,20,21,22). The van der Waals surface area contributed by atoms with Crippen molar-refractivity contribution in [3.8, 4) is 5.69 Å². The van der Waals surface area contributed by atoms with Crippen molar-refractivity contribution in [1.29, 1.82) is 0 Å². The number of para-hydroxylation sites is 1. The lowest BCUT2D eigenvalue weighted by Gasteiger charge is -2.08. The minimum atomic E-state index is 0.600. The van der Waals surface area contributed by atoms with E-state index >= 15 is 0 Å². The van der Waals surface area contributed by atoms with E-state index in [-0.39, 0.29) is 0 Å². The molecule has 0 aliphatic heterocycles. The summed E-state index contributed by atoms with van der Waals surface area (Å²) in [7, 11) is 0. The highest BCUT2D eigenvalue weighted by Gasteiger charge is 2.12. The molecule has 0 fully saturated rings. The number of rotatable bonds is 4. The summed E-state index contributed by atoms with van der Waals surface area (Å²) in [6.45, 7) is 2.66. The van der Waals surface area contributed by atoms with Crippen LogP contribution in [0, 0.1) is 6.92 Å². The molecule has 0 radical (unpaired) electrons. The molecule has 4 rings (SSSR count). The van der Waals surface area contributed by atoms with Crippen molar-refractivity contribution >= 4 is 16.9 Å². The van der Waals surface area contributed by atoms with Crippen LogP contribution in [0.4, 0.5) is 5.82 Å². The Morgan fingerprint density at radius 2 is 1.88 bits per heavy atom. The van der Waals surface area contributed by atoms with Gasteiger partial charge in [-0.15, -0.1) is 0 Å². The fraction of sp³-hybridized carbons (Fsp3) is 0.111. The Morgan fingerprint density at radius 1 is 1.00 bits per heavy atom. The Morgan fingerprint density at radius 3 is 2.71 bits per heavy atom. The second-order valence-electron chi connectivity index (χ2n) is 5.48. The van der Waals surface area contributed by atoms with Crippen LogP contribution in [0.15, 0.2) is 61.2 Å². The van der Waals surface area contributed by atoms with Crippen LogP contribution in [-0.2, 0) is 6.54 Å². The summed E-state index contributed by atoms with van der Waals surface area (Å²) in [4.78, 5) is 13.1. The van der Waals surface area contributed by atoms with Gasteiger partial charge in [-0.1, -0.05) is 24.3 Å². The van der Waals surface area contributed by atoms with Crippen molar-refractivity contribution in [2.75, 3.05) is 5.32 Å². The first-order chi connectivity index (χ1) is 11.8. The quantitative estimate of drug-likeness (QED) is 0.626. The lowest BCUT2D eigenvalue weighted by Crippen LogP contribution is -2.04. The molecule has 3 heterocycles. The first-order valence-electron chi connectivity index (χ1n) is 7.71. The van der Waals surface area contributed by atoms with Crippen LogP contribution >= 0.6 is 0 Å². The van der Waals surface area contributed by atoms with Crippen molar-refractivity contribution in [3.63, 3.8) is 0 Å². The van der Waals surface area contributed by atoms with Crippen LogP contribution in [0.1, 0.15) is 11.3 Å². The summed E-state index contributed by atoms with van der Waals surface area (Å²) in [5.41, 5.74) is 3.89. The van der Waals surface area contributed by atoms with Gasteiger partial charge in [-0.05, 0) is 30.7 Å². The third-order valence-electron chi connectivity index (χ3n) is 3.87. The minimum Gasteiger partial charge on any atom is -0.364 e. The molecule has 0 saturated carbocycles. The van der Waals surface area contributed by atoms with Crippen molar-refractivity contribution in [2.45, 2.75) is 13.5 Å². The Kier molecular flexibility index (Phi) is 3.63. The van der Waals surface area contributed by atoms with E-state index in [1.54, 1.807) is 18.7 Å². The molecule has 0 saturated heterocycles. The average molecular weight is 316 g/mol. The number of hydrogen-bond acceptors (Lipinski definition) is 5. The second-order valence-corrected chi connectivity index (χ2v) is 5.48. The van der Waals surface area contributed by atoms with Gasteiger partial charge in [-0.2, -0.15) is 5.10 Å². The van der Waals surface area contributed by atoms with Gasteiger partial charge in [0.05, 0.1) is 29.5 Å². The van der Waals surface area contributed by atoms with E-state index in [0.717, 1.165) is 33.8 Å². The van der Waals surface area contributed by atoms with Crippen LogP contribution in [0.5, 0.6) is 0 Å². The number of nitrogens with zero attached hydrogens (tertiary/aromatic N) is 5. The van der Waals surface area contributed by atoms with Gasteiger partial charge in [0.2, 0.25) is 0 Å². The molecule has 0 spiro atoms. The number of pyridine rings is 1. The second kappa shape index (κ2) is 6.08. The summed E-state index contributed by atoms with van der Waals surface area (Å²) < 4.78 is 1.85. The molecule has 0 aliphatic rings. The number of fused-ring (bicyclic) bond motifs is 1. The van der Waals surface area contributed by atoms with E-state index in [1.807, 2.05) is 41.1 Å². The number of aryl methyl sites for hydroxylation is 1. The molecular formula is C18H16N6.